The third kappa shape index (κ3) is 3.81. The molecule has 0 bridgehead atoms. The predicted molar refractivity (Wildman–Crippen MR) is 87.8 cm³/mol. The lowest BCUT2D eigenvalue weighted by Crippen LogP contribution is -2.19. The second-order valence-corrected chi connectivity index (χ2v) is 5.87. The molecule has 2 aromatic carbocycles. The molecule has 1 atom stereocenters. The molecule has 0 aromatic heterocycles. The van der Waals surface area contributed by atoms with Gasteiger partial charge in [0.2, 0.25) is 0 Å². The summed E-state index contributed by atoms with van der Waals surface area (Å²) in [5.74, 6) is 0. The zero-order chi connectivity index (χ0) is 15.4. The van der Waals surface area contributed by atoms with E-state index >= 15 is 0 Å². The highest BCUT2D eigenvalue weighted by atomic mass is 79.9. The van der Waals surface area contributed by atoms with Gasteiger partial charge in [-0.1, -0.05) is 35.9 Å². The number of hydrogen-bond donors (Lipinski definition) is 1. The fraction of sp³-hybridized carbons (Fsp3) is 0.200. The summed E-state index contributed by atoms with van der Waals surface area (Å²) in [6, 6.07) is 12.4. The molecule has 0 aliphatic heterocycles. The van der Waals surface area contributed by atoms with Crippen LogP contribution >= 0.6 is 27.5 Å². The lowest BCUT2D eigenvalue weighted by molar-refractivity contribution is -0.385. The summed E-state index contributed by atoms with van der Waals surface area (Å²) < 4.78 is 0.827. The minimum absolute atomic E-state index is 0.0447. The first kappa shape index (κ1) is 15.9. The maximum absolute atomic E-state index is 11.1. The van der Waals surface area contributed by atoms with Crippen molar-refractivity contribution in [3.63, 3.8) is 0 Å². The molecule has 0 amide bonds. The van der Waals surface area contributed by atoms with Gasteiger partial charge in [0.1, 0.15) is 0 Å². The molecule has 1 N–H and O–H groups in total. The van der Waals surface area contributed by atoms with E-state index in [-0.39, 0.29) is 16.7 Å². The Hall–Kier alpha value is -1.43. The van der Waals surface area contributed by atoms with Gasteiger partial charge in [-0.25, -0.2) is 0 Å². The molecule has 0 fully saturated rings. The van der Waals surface area contributed by atoms with Crippen molar-refractivity contribution in [3.05, 3.63) is 73.2 Å². The van der Waals surface area contributed by atoms with E-state index in [1.165, 1.54) is 6.07 Å². The van der Waals surface area contributed by atoms with Crippen LogP contribution in [-0.4, -0.2) is 12.0 Å². The van der Waals surface area contributed by atoms with Gasteiger partial charge in [0, 0.05) is 22.1 Å². The van der Waals surface area contributed by atoms with Gasteiger partial charge >= 0.3 is 0 Å². The predicted octanol–water partition coefficient (Wildman–Crippen LogP) is 4.51. The van der Waals surface area contributed by atoms with Crippen LogP contribution < -0.4 is 5.32 Å². The Morgan fingerprint density at radius 3 is 2.67 bits per heavy atom. The molecule has 0 saturated carbocycles. The lowest BCUT2D eigenvalue weighted by Gasteiger charge is -2.17. The number of nitrogens with zero attached hydrogens (tertiary/aromatic N) is 1. The van der Waals surface area contributed by atoms with Gasteiger partial charge in [-0.3, -0.25) is 10.1 Å². The summed E-state index contributed by atoms with van der Waals surface area (Å²) in [5.41, 5.74) is 1.82. The lowest BCUT2D eigenvalue weighted by atomic mass is 9.98. The Kier molecular flexibility index (Phi) is 5.33. The largest absolute Gasteiger partial charge is 0.313 e. The highest BCUT2D eigenvalue weighted by molar-refractivity contribution is 9.10. The molecule has 0 spiro atoms. The molecule has 1 unspecified atom stereocenters. The van der Waals surface area contributed by atoms with Crippen molar-refractivity contribution in [2.24, 2.45) is 0 Å². The van der Waals surface area contributed by atoms with E-state index in [2.05, 4.69) is 21.2 Å². The molecule has 110 valence electrons. The van der Waals surface area contributed by atoms with Crippen molar-refractivity contribution >= 4 is 33.2 Å². The van der Waals surface area contributed by atoms with Gasteiger partial charge in [-0.05, 0) is 47.1 Å². The first-order valence-corrected chi connectivity index (χ1v) is 7.54. The fourth-order valence-corrected chi connectivity index (χ4v) is 2.63. The first-order valence-electron chi connectivity index (χ1n) is 6.37. The number of para-hydroxylation sites is 1. The normalized spacial score (nSPS) is 12.1. The molecule has 6 heteroatoms. The molecule has 4 nitrogen and oxygen atoms in total. The van der Waals surface area contributed by atoms with Crippen molar-refractivity contribution < 1.29 is 4.92 Å². The van der Waals surface area contributed by atoms with Crippen LogP contribution in [0.2, 0.25) is 5.02 Å². The van der Waals surface area contributed by atoms with E-state index in [1.807, 2.05) is 31.3 Å². The summed E-state index contributed by atoms with van der Waals surface area (Å²) in [5, 5.41) is 14.9. The summed E-state index contributed by atoms with van der Waals surface area (Å²) in [4.78, 5) is 10.7. The van der Waals surface area contributed by atoms with Crippen molar-refractivity contribution in [3.8, 4) is 0 Å². The first-order chi connectivity index (χ1) is 10.0. The van der Waals surface area contributed by atoms with E-state index in [0.717, 1.165) is 10.0 Å². The number of nitro groups is 1. The number of hydrogen-bond acceptors (Lipinski definition) is 3. The van der Waals surface area contributed by atoms with Crippen LogP contribution in [0.5, 0.6) is 0 Å². The average molecular weight is 370 g/mol. The minimum Gasteiger partial charge on any atom is -0.313 e. The Morgan fingerprint density at radius 2 is 2.05 bits per heavy atom. The average Bonchev–Trinajstić information content (AvgIpc) is 2.48. The van der Waals surface area contributed by atoms with Gasteiger partial charge in [0.05, 0.1) is 9.95 Å². The Labute approximate surface area is 136 Å². The van der Waals surface area contributed by atoms with Gasteiger partial charge < -0.3 is 5.32 Å². The number of halogens is 2. The molecule has 0 heterocycles. The number of nitro benzene ring substituents is 1. The summed E-state index contributed by atoms with van der Waals surface area (Å²) >= 11 is 9.47. The molecule has 2 aromatic rings. The standard InChI is InChI=1S/C15H14BrClN2O2/c1-18-14(10-6-7-12(16)13(17)8-10)9-11-4-2-3-5-15(11)19(20)21/h2-8,14,18H,9H2,1H3. The van der Waals surface area contributed by atoms with E-state index < -0.39 is 0 Å². The quantitative estimate of drug-likeness (QED) is 0.623. The molecule has 0 radical (unpaired) electrons. The Morgan fingerprint density at radius 1 is 1.33 bits per heavy atom. The zero-order valence-electron chi connectivity index (χ0n) is 11.3. The van der Waals surface area contributed by atoms with Gasteiger partial charge in [-0.2, -0.15) is 0 Å². The van der Waals surface area contributed by atoms with Gasteiger partial charge in [0.25, 0.3) is 5.69 Å². The number of rotatable bonds is 5. The highest BCUT2D eigenvalue weighted by Crippen LogP contribution is 2.29. The monoisotopic (exact) mass is 368 g/mol. The van der Waals surface area contributed by atoms with E-state index in [4.69, 9.17) is 11.6 Å². The van der Waals surface area contributed by atoms with E-state index in [0.29, 0.717) is 17.0 Å². The third-order valence-corrected chi connectivity index (χ3v) is 4.54. The van der Waals surface area contributed by atoms with Crippen molar-refractivity contribution in [1.29, 1.82) is 0 Å². The number of likely N-dealkylation sites (N-methyl/N-ethyl adjacent to an activating group) is 1. The van der Waals surface area contributed by atoms with Gasteiger partial charge in [0.15, 0.2) is 0 Å². The van der Waals surface area contributed by atoms with Crippen LogP contribution in [0.15, 0.2) is 46.9 Å². The molecule has 21 heavy (non-hydrogen) atoms. The third-order valence-electron chi connectivity index (χ3n) is 3.31. The van der Waals surface area contributed by atoms with E-state index in [9.17, 15) is 10.1 Å². The second-order valence-electron chi connectivity index (χ2n) is 4.60. The maximum Gasteiger partial charge on any atom is 0.272 e. The number of nitrogens with one attached hydrogen (secondary N) is 1. The topological polar surface area (TPSA) is 55.2 Å². The minimum atomic E-state index is -0.351. The maximum atomic E-state index is 11.1. The summed E-state index contributed by atoms with van der Waals surface area (Å²) in [6.45, 7) is 0. The fourth-order valence-electron chi connectivity index (χ4n) is 2.20. The summed E-state index contributed by atoms with van der Waals surface area (Å²) in [6.07, 6.45) is 0.519. The molecular weight excluding hydrogens is 356 g/mol. The summed E-state index contributed by atoms with van der Waals surface area (Å²) in [7, 11) is 1.83. The second kappa shape index (κ2) is 7.02. The Balaban J connectivity index is 2.31. The molecule has 2 rings (SSSR count). The van der Waals surface area contributed by atoms with Crippen LogP contribution in [0, 0.1) is 10.1 Å². The van der Waals surface area contributed by atoms with Gasteiger partial charge in [-0.15, -0.1) is 0 Å². The van der Waals surface area contributed by atoms with Crippen molar-refractivity contribution in [1.82, 2.24) is 5.32 Å². The van der Waals surface area contributed by atoms with E-state index in [1.54, 1.807) is 12.1 Å². The van der Waals surface area contributed by atoms with Crippen molar-refractivity contribution in [2.45, 2.75) is 12.5 Å². The molecular formula is C15H14BrClN2O2. The molecule has 0 aliphatic rings. The van der Waals surface area contributed by atoms with Crippen LogP contribution in [0.3, 0.4) is 0 Å². The number of benzene rings is 2. The highest BCUT2D eigenvalue weighted by Gasteiger charge is 2.18. The molecule has 0 saturated heterocycles. The zero-order valence-corrected chi connectivity index (χ0v) is 13.7. The van der Waals surface area contributed by atoms with Crippen LogP contribution in [0.1, 0.15) is 17.2 Å². The van der Waals surface area contributed by atoms with Crippen LogP contribution in [0.25, 0.3) is 0 Å². The smallest absolute Gasteiger partial charge is 0.272 e. The SMILES string of the molecule is CNC(Cc1ccccc1[N+](=O)[O-])c1ccc(Br)c(Cl)c1. The van der Waals surface area contributed by atoms with Crippen molar-refractivity contribution in [2.75, 3.05) is 7.05 Å². The van der Waals surface area contributed by atoms with Crippen LogP contribution in [-0.2, 0) is 6.42 Å². The Bertz CT molecular complexity index is 664. The molecule has 0 aliphatic carbocycles. The van der Waals surface area contributed by atoms with Crippen LogP contribution in [0.4, 0.5) is 5.69 Å².